The average molecular weight is 301 g/mol. The fraction of sp³-hybridized carbons (Fsp3) is 0.200. The fourth-order valence-electron chi connectivity index (χ4n) is 1.98. The molecule has 0 aliphatic carbocycles. The molecule has 0 saturated heterocycles. The normalized spacial score (nSPS) is 12.6. The SMILES string of the molecule is S=C(NCc1cccnc1)Nc1ccc2c(c1)OCCO2. The number of aromatic nitrogens is 1. The lowest BCUT2D eigenvalue weighted by Gasteiger charge is -2.19. The molecule has 1 aliphatic rings. The minimum atomic E-state index is 0.551. The summed E-state index contributed by atoms with van der Waals surface area (Å²) in [5.41, 5.74) is 1.94. The predicted molar refractivity (Wildman–Crippen MR) is 84.7 cm³/mol. The van der Waals surface area contributed by atoms with Crippen molar-refractivity contribution in [2.45, 2.75) is 6.54 Å². The lowest BCUT2D eigenvalue weighted by atomic mass is 10.2. The van der Waals surface area contributed by atoms with Gasteiger partial charge in [-0.1, -0.05) is 6.07 Å². The van der Waals surface area contributed by atoms with E-state index in [-0.39, 0.29) is 0 Å². The van der Waals surface area contributed by atoms with Crippen molar-refractivity contribution in [2.75, 3.05) is 18.5 Å². The Morgan fingerprint density at radius 1 is 1.19 bits per heavy atom. The van der Waals surface area contributed by atoms with Gasteiger partial charge in [-0.3, -0.25) is 4.98 Å². The second kappa shape index (κ2) is 6.41. The van der Waals surface area contributed by atoms with Crippen LogP contribution < -0.4 is 20.1 Å². The Bertz CT molecular complexity index is 634. The van der Waals surface area contributed by atoms with Crippen LogP contribution in [-0.2, 0) is 6.54 Å². The third-order valence-corrected chi connectivity index (χ3v) is 3.22. The number of nitrogens with one attached hydrogen (secondary N) is 2. The number of anilines is 1. The standard InChI is InChI=1S/C15H15N3O2S/c21-15(17-10-11-2-1-5-16-9-11)18-12-3-4-13-14(8-12)20-7-6-19-13/h1-5,8-9H,6-7,10H2,(H2,17,18,21). The number of hydrogen-bond donors (Lipinski definition) is 2. The number of benzene rings is 1. The number of hydrogen-bond acceptors (Lipinski definition) is 4. The molecular weight excluding hydrogens is 286 g/mol. The Hall–Kier alpha value is -2.34. The summed E-state index contributed by atoms with van der Waals surface area (Å²) in [6.07, 6.45) is 3.55. The summed E-state index contributed by atoms with van der Waals surface area (Å²) in [5.74, 6) is 1.50. The van der Waals surface area contributed by atoms with Crippen LogP contribution in [0.2, 0.25) is 0 Å². The Morgan fingerprint density at radius 3 is 2.86 bits per heavy atom. The van der Waals surface area contributed by atoms with Gasteiger partial charge in [-0.05, 0) is 36.0 Å². The van der Waals surface area contributed by atoms with Crippen molar-refractivity contribution in [3.63, 3.8) is 0 Å². The van der Waals surface area contributed by atoms with Crippen molar-refractivity contribution in [3.8, 4) is 11.5 Å². The molecule has 6 heteroatoms. The molecule has 21 heavy (non-hydrogen) atoms. The van der Waals surface area contributed by atoms with Gasteiger partial charge < -0.3 is 20.1 Å². The maximum atomic E-state index is 5.54. The molecule has 0 saturated carbocycles. The number of ether oxygens (including phenoxy) is 2. The van der Waals surface area contributed by atoms with E-state index in [1.165, 1.54) is 0 Å². The number of fused-ring (bicyclic) bond motifs is 1. The van der Waals surface area contributed by atoms with Gasteiger partial charge >= 0.3 is 0 Å². The van der Waals surface area contributed by atoms with Crippen LogP contribution in [-0.4, -0.2) is 23.3 Å². The summed E-state index contributed by atoms with van der Waals surface area (Å²) in [5, 5.41) is 6.81. The zero-order valence-electron chi connectivity index (χ0n) is 11.3. The van der Waals surface area contributed by atoms with Gasteiger partial charge in [0.15, 0.2) is 16.6 Å². The van der Waals surface area contributed by atoms with Crippen molar-refractivity contribution >= 4 is 23.0 Å². The van der Waals surface area contributed by atoms with Crippen LogP contribution >= 0.6 is 12.2 Å². The molecule has 1 aromatic carbocycles. The van der Waals surface area contributed by atoms with Gasteiger partial charge in [0.25, 0.3) is 0 Å². The van der Waals surface area contributed by atoms with E-state index in [1.54, 1.807) is 12.4 Å². The van der Waals surface area contributed by atoms with E-state index < -0.39 is 0 Å². The van der Waals surface area contributed by atoms with Crippen LogP contribution in [0.25, 0.3) is 0 Å². The van der Waals surface area contributed by atoms with Gasteiger partial charge in [-0.2, -0.15) is 0 Å². The third-order valence-electron chi connectivity index (χ3n) is 2.98. The molecule has 2 N–H and O–H groups in total. The summed E-state index contributed by atoms with van der Waals surface area (Å²) in [6, 6.07) is 9.56. The fourth-order valence-corrected chi connectivity index (χ4v) is 2.17. The van der Waals surface area contributed by atoms with E-state index in [0.29, 0.717) is 24.9 Å². The largest absolute Gasteiger partial charge is 0.486 e. The van der Waals surface area contributed by atoms with Gasteiger partial charge in [0.2, 0.25) is 0 Å². The van der Waals surface area contributed by atoms with Gasteiger partial charge in [0.05, 0.1) is 0 Å². The van der Waals surface area contributed by atoms with Crippen molar-refractivity contribution in [3.05, 3.63) is 48.3 Å². The maximum absolute atomic E-state index is 5.54. The molecule has 0 fully saturated rings. The Kier molecular flexibility index (Phi) is 4.16. The van der Waals surface area contributed by atoms with E-state index in [0.717, 1.165) is 22.7 Å². The first kappa shape index (κ1) is 13.6. The van der Waals surface area contributed by atoms with Crippen LogP contribution in [0.1, 0.15) is 5.56 Å². The molecule has 0 radical (unpaired) electrons. The summed E-state index contributed by atoms with van der Waals surface area (Å²) in [4.78, 5) is 4.06. The summed E-state index contributed by atoms with van der Waals surface area (Å²) in [7, 11) is 0. The van der Waals surface area contributed by atoms with E-state index in [1.807, 2.05) is 30.3 Å². The van der Waals surface area contributed by atoms with Gasteiger partial charge in [0.1, 0.15) is 13.2 Å². The highest BCUT2D eigenvalue weighted by atomic mass is 32.1. The van der Waals surface area contributed by atoms with Crippen LogP contribution in [0.5, 0.6) is 11.5 Å². The van der Waals surface area contributed by atoms with Crippen LogP contribution in [0.15, 0.2) is 42.7 Å². The van der Waals surface area contributed by atoms with Crippen molar-refractivity contribution in [1.29, 1.82) is 0 Å². The quantitative estimate of drug-likeness (QED) is 0.849. The molecule has 0 bridgehead atoms. The molecule has 2 aromatic rings. The van der Waals surface area contributed by atoms with Crippen molar-refractivity contribution in [1.82, 2.24) is 10.3 Å². The third kappa shape index (κ3) is 3.61. The van der Waals surface area contributed by atoms with Gasteiger partial charge in [0, 0.05) is 30.7 Å². The van der Waals surface area contributed by atoms with Crippen molar-refractivity contribution in [2.24, 2.45) is 0 Å². The lowest BCUT2D eigenvalue weighted by molar-refractivity contribution is 0.171. The molecule has 0 atom stereocenters. The molecule has 0 spiro atoms. The minimum Gasteiger partial charge on any atom is -0.486 e. The van der Waals surface area contributed by atoms with Crippen LogP contribution in [0.3, 0.4) is 0 Å². The first-order chi connectivity index (χ1) is 10.3. The molecule has 3 rings (SSSR count). The van der Waals surface area contributed by atoms with E-state index in [9.17, 15) is 0 Å². The van der Waals surface area contributed by atoms with E-state index in [4.69, 9.17) is 21.7 Å². The number of thiocarbonyl (C=S) groups is 1. The molecule has 0 amide bonds. The summed E-state index contributed by atoms with van der Waals surface area (Å²) in [6.45, 7) is 1.79. The maximum Gasteiger partial charge on any atom is 0.171 e. The Labute approximate surface area is 128 Å². The topological polar surface area (TPSA) is 55.4 Å². The monoisotopic (exact) mass is 301 g/mol. The van der Waals surface area contributed by atoms with Gasteiger partial charge in [-0.25, -0.2) is 0 Å². The number of nitrogens with zero attached hydrogens (tertiary/aromatic N) is 1. The molecule has 2 heterocycles. The van der Waals surface area contributed by atoms with Crippen LogP contribution in [0.4, 0.5) is 5.69 Å². The van der Waals surface area contributed by atoms with Crippen molar-refractivity contribution < 1.29 is 9.47 Å². The highest BCUT2D eigenvalue weighted by molar-refractivity contribution is 7.80. The van der Waals surface area contributed by atoms with Crippen LogP contribution in [0, 0.1) is 0 Å². The smallest absolute Gasteiger partial charge is 0.171 e. The highest BCUT2D eigenvalue weighted by Crippen LogP contribution is 2.32. The predicted octanol–water partition coefficient (Wildman–Crippen LogP) is 2.34. The highest BCUT2D eigenvalue weighted by Gasteiger charge is 2.11. The average Bonchev–Trinajstić information content (AvgIpc) is 2.54. The molecule has 5 nitrogen and oxygen atoms in total. The second-order valence-electron chi connectivity index (χ2n) is 4.53. The zero-order chi connectivity index (χ0) is 14.5. The first-order valence-corrected chi connectivity index (χ1v) is 7.05. The molecular formula is C15H15N3O2S. The van der Waals surface area contributed by atoms with E-state index in [2.05, 4.69) is 15.6 Å². The zero-order valence-corrected chi connectivity index (χ0v) is 12.2. The Morgan fingerprint density at radius 2 is 2.05 bits per heavy atom. The minimum absolute atomic E-state index is 0.551. The number of pyridine rings is 1. The molecule has 1 aliphatic heterocycles. The molecule has 0 unspecified atom stereocenters. The summed E-state index contributed by atoms with van der Waals surface area (Å²) >= 11 is 5.28. The van der Waals surface area contributed by atoms with Gasteiger partial charge in [-0.15, -0.1) is 0 Å². The second-order valence-corrected chi connectivity index (χ2v) is 4.94. The first-order valence-electron chi connectivity index (χ1n) is 6.65. The number of rotatable bonds is 3. The lowest BCUT2D eigenvalue weighted by Crippen LogP contribution is -2.28. The Balaban J connectivity index is 1.57. The van der Waals surface area contributed by atoms with E-state index >= 15 is 0 Å². The summed E-state index contributed by atoms with van der Waals surface area (Å²) < 4.78 is 11.0. The molecule has 108 valence electrons. The molecule has 1 aromatic heterocycles.